The summed E-state index contributed by atoms with van der Waals surface area (Å²) in [4.78, 5) is 10.6. The molecule has 0 aliphatic carbocycles. The van der Waals surface area contributed by atoms with Crippen molar-refractivity contribution in [2.75, 3.05) is 0 Å². The van der Waals surface area contributed by atoms with Crippen LogP contribution in [0, 0.1) is 28.4 Å². The third kappa shape index (κ3) is 3.85. The smallest absolute Gasteiger partial charge is 0.270 e. The number of non-ortho nitro benzene ring substituents is 1. The summed E-state index contributed by atoms with van der Waals surface area (Å²) in [7, 11) is 0. The molecule has 146 valence electrons. The molecule has 0 radical (unpaired) electrons. The molecule has 4 aromatic rings. The monoisotopic (exact) mass is 393 g/mol. The molecule has 0 aliphatic heterocycles. The Labute approximate surface area is 174 Å². The highest BCUT2D eigenvalue weighted by molar-refractivity contribution is 5.98. The van der Waals surface area contributed by atoms with Crippen molar-refractivity contribution in [1.29, 1.82) is 5.26 Å². The van der Waals surface area contributed by atoms with Crippen molar-refractivity contribution in [1.82, 2.24) is 4.57 Å². The van der Waals surface area contributed by atoms with Crippen molar-refractivity contribution >= 4 is 28.2 Å². The zero-order valence-electron chi connectivity index (χ0n) is 16.4. The normalized spacial score (nSPS) is 11.4. The lowest BCUT2D eigenvalue weighted by molar-refractivity contribution is -0.384. The standard InChI is InChI=1S/C25H19N3O2/c1-18-9-11-19(12-10-18)16-27-17-22(24-7-2-3-8-25(24)27)13-21(15-26)20-5-4-6-23(14-20)28(29)30/h2-14,17H,16H2,1H3/b21-13-. The van der Waals surface area contributed by atoms with Crippen molar-refractivity contribution in [2.24, 2.45) is 0 Å². The van der Waals surface area contributed by atoms with E-state index in [9.17, 15) is 15.4 Å². The fourth-order valence-electron chi connectivity index (χ4n) is 3.53. The van der Waals surface area contributed by atoms with Gasteiger partial charge in [-0.1, -0.05) is 60.2 Å². The van der Waals surface area contributed by atoms with Gasteiger partial charge in [-0.15, -0.1) is 0 Å². The maximum atomic E-state index is 11.1. The molecule has 0 fully saturated rings. The third-order valence-corrected chi connectivity index (χ3v) is 5.08. The lowest BCUT2D eigenvalue weighted by atomic mass is 10.0. The predicted octanol–water partition coefficient (Wildman–Crippen LogP) is 5.97. The van der Waals surface area contributed by atoms with Crippen LogP contribution in [0.3, 0.4) is 0 Å². The number of aromatic nitrogens is 1. The van der Waals surface area contributed by atoms with Crippen LogP contribution in [0.1, 0.15) is 22.3 Å². The molecule has 5 nitrogen and oxygen atoms in total. The molecular weight excluding hydrogens is 374 g/mol. The molecule has 5 heteroatoms. The van der Waals surface area contributed by atoms with Gasteiger partial charge in [0.2, 0.25) is 0 Å². The van der Waals surface area contributed by atoms with E-state index in [1.54, 1.807) is 18.2 Å². The largest absolute Gasteiger partial charge is 0.342 e. The summed E-state index contributed by atoms with van der Waals surface area (Å²) in [6.07, 6.45) is 3.83. The van der Waals surface area contributed by atoms with E-state index >= 15 is 0 Å². The summed E-state index contributed by atoms with van der Waals surface area (Å²) >= 11 is 0. The van der Waals surface area contributed by atoms with Gasteiger partial charge in [-0.3, -0.25) is 10.1 Å². The first-order valence-electron chi connectivity index (χ1n) is 9.55. The molecule has 3 aromatic carbocycles. The number of para-hydroxylation sites is 1. The van der Waals surface area contributed by atoms with Crippen LogP contribution in [-0.4, -0.2) is 9.49 Å². The maximum absolute atomic E-state index is 11.1. The minimum atomic E-state index is -0.452. The van der Waals surface area contributed by atoms with Crippen molar-refractivity contribution in [2.45, 2.75) is 13.5 Å². The van der Waals surface area contributed by atoms with E-state index in [2.05, 4.69) is 47.9 Å². The summed E-state index contributed by atoms with van der Waals surface area (Å²) < 4.78 is 2.16. The molecule has 4 rings (SSSR count). The Morgan fingerprint density at radius 2 is 1.87 bits per heavy atom. The summed E-state index contributed by atoms with van der Waals surface area (Å²) in [5.74, 6) is 0. The number of benzene rings is 3. The molecule has 0 unspecified atom stereocenters. The van der Waals surface area contributed by atoms with Crippen LogP contribution in [0.25, 0.3) is 22.6 Å². The van der Waals surface area contributed by atoms with Crippen molar-refractivity contribution in [3.05, 3.63) is 111 Å². The van der Waals surface area contributed by atoms with E-state index in [0.29, 0.717) is 17.7 Å². The molecule has 0 spiro atoms. The van der Waals surface area contributed by atoms with Gasteiger partial charge in [0, 0.05) is 41.3 Å². The average molecular weight is 393 g/mol. The third-order valence-electron chi connectivity index (χ3n) is 5.08. The number of nitro groups is 1. The van der Waals surface area contributed by atoms with Gasteiger partial charge < -0.3 is 4.57 Å². The highest BCUT2D eigenvalue weighted by atomic mass is 16.6. The van der Waals surface area contributed by atoms with E-state index in [1.807, 2.05) is 24.4 Å². The lowest BCUT2D eigenvalue weighted by Crippen LogP contribution is -1.97. The van der Waals surface area contributed by atoms with Crippen molar-refractivity contribution in [3.63, 3.8) is 0 Å². The van der Waals surface area contributed by atoms with Crippen LogP contribution in [0.2, 0.25) is 0 Å². The molecule has 0 aliphatic rings. The van der Waals surface area contributed by atoms with Crippen LogP contribution >= 0.6 is 0 Å². The predicted molar refractivity (Wildman–Crippen MR) is 119 cm³/mol. The highest BCUT2D eigenvalue weighted by Gasteiger charge is 2.12. The Hall–Kier alpha value is -4.17. The topological polar surface area (TPSA) is 71.9 Å². The Kier molecular flexibility index (Phi) is 5.15. The van der Waals surface area contributed by atoms with E-state index < -0.39 is 4.92 Å². The molecule has 30 heavy (non-hydrogen) atoms. The van der Waals surface area contributed by atoms with Gasteiger partial charge >= 0.3 is 0 Å². The minimum absolute atomic E-state index is 0.0320. The Morgan fingerprint density at radius 3 is 2.60 bits per heavy atom. The van der Waals surface area contributed by atoms with Gasteiger partial charge in [0.25, 0.3) is 5.69 Å². The lowest BCUT2D eigenvalue weighted by Gasteiger charge is -2.06. The first-order valence-corrected chi connectivity index (χ1v) is 9.55. The number of rotatable bonds is 5. The fraction of sp³-hybridized carbons (Fsp3) is 0.0800. The van der Waals surface area contributed by atoms with Gasteiger partial charge in [-0.2, -0.15) is 5.26 Å². The zero-order valence-corrected chi connectivity index (χ0v) is 16.4. The van der Waals surface area contributed by atoms with E-state index in [4.69, 9.17) is 0 Å². The number of hydrogen-bond donors (Lipinski definition) is 0. The molecule has 0 N–H and O–H groups in total. The fourth-order valence-corrected chi connectivity index (χ4v) is 3.53. The second kappa shape index (κ2) is 8.06. The maximum Gasteiger partial charge on any atom is 0.270 e. The van der Waals surface area contributed by atoms with Gasteiger partial charge in [0.15, 0.2) is 0 Å². The Balaban J connectivity index is 1.78. The number of fused-ring (bicyclic) bond motifs is 1. The number of nitrogens with zero attached hydrogens (tertiary/aromatic N) is 3. The van der Waals surface area contributed by atoms with Gasteiger partial charge in [-0.05, 0) is 30.2 Å². The van der Waals surface area contributed by atoms with E-state index in [-0.39, 0.29) is 5.69 Å². The van der Waals surface area contributed by atoms with Crippen LogP contribution < -0.4 is 0 Å². The number of allylic oxidation sites excluding steroid dienone is 1. The number of nitro benzene ring substituents is 1. The summed E-state index contributed by atoms with van der Waals surface area (Å²) in [6, 6.07) is 24.8. The Bertz CT molecular complexity index is 1310. The number of aryl methyl sites for hydroxylation is 1. The molecule has 0 saturated carbocycles. The van der Waals surface area contributed by atoms with Crippen molar-refractivity contribution < 1.29 is 4.92 Å². The Morgan fingerprint density at radius 1 is 1.10 bits per heavy atom. The highest BCUT2D eigenvalue weighted by Crippen LogP contribution is 2.28. The number of nitriles is 1. The van der Waals surface area contributed by atoms with E-state index in [1.165, 1.54) is 23.3 Å². The van der Waals surface area contributed by atoms with Crippen LogP contribution in [-0.2, 0) is 6.54 Å². The molecule has 0 saturated heterocycles. The second-order valence-electron chi connectivity index (χ2n) is 7.19. The molecule has 0 amide bonds. The van der Waals surface area contributed by atoms with Gasteiger partial charge in [0.05, 0.1) is 16.6 Å². The first-order chi connectivity index (χ1) is 14.5. The van der Waals surface area contributed by atoms with Crippen LogP contribution in [0.15, 0.2) is 79.0 Å². The molecule has 0 bridgehead atoms. The van der Waals surface area contributed by atoms with Crippen LogP contribution in [0.5, 0.6) is 0 Å². The first kappa shape index (κ1) is 19.2. The molecular formula is C25H19N3O2. The summed E-state index contributed by atoms with van der Waals surface area (Å²) in [5, 5.41) is 21.8. The summed E-state index contributed by atoms with van der Waals surface area (Å²) in [5.41, 5.74) is 5.27. The minimum Gasteiger partial charge on any atom is -0.342 e. The molecule has 1 aromatic heterocycles. The van der Waals surface area contributed by atoms with Gasteiger partial charge in [-0.25, -0.2) is 0 Å². The van der Waals surface area contributed by atoms with Crippen LogP contribution in [0.4, 0.5) is 5.69 Å². The number of hydrogen-bond acceptors (Lipinski definition) is 3. The van der Waals surface area contributed by atoms with E-state index in [0.717, 1.165) is 16.5 Å². The second-order valence-corrected chi connectivity index (χ2v) is 7.19. The SMILES string of the molecule is Cc1ccc(Cn2cc(/C=C(/C#N)c3cccc([N+](=O)[O-])c3)c3ccccc32)cc1. The van der Waals surface area contributed by atoms with Gasteiger partial charge in [0.1, 0.15) is 0 Å². The quantitative estimate of drug-likeness (QED) is 0.238. The molecule has 1 heterocycles. The zero-order chi connectivity index (χ0) is 21.1. The average Bonchev–Trinajstić information content (AvgIpc) is 3.11. The molecule has 0 atom stereocenters. The van der Waals surface area contributed by atoms with Crippen molar-refractivity contribution in [3.8, 4) is 6.07 Å². The summed E-state index contributed by atoms with van der Waals surface area (Å²) in [6.45, 7) is 2.78.